The second-order valence-corrected chi connectivity index (χ2v) is 9.56. The second-order valence-electron chi connectivity index (χ2n) is 9.56. The van der Waals surface area contributed by atoms with E-state index in [0.717, 1.165) is 37.4 Å². The number of hydrogen-bond acceptors (Lipinski definition) is 4. The van der Waals surface area contributed by atoms with Crippen LogP contribution in [0.3, 0.4) is 0 Å². The fourth-order valence-electron chi connectivity index (χ4n) is 5.02. The molecule has 4 rings (SSSR count). The van der Waals surface area contributed by atoms with Crippen molar-refractivity contribution < 1.29 is 4.79 Å². The third-order valence-electron chi connectivity index (χ3n) is 6.86. The Bertz CT molecular complexity index is 874. The molecule has 0 radical (unpaired) electrons. The summed E-state index contributed by atoms with van der Waals surface area (Å²) in [5.74, 6) is 2.13. The Morgan fingerprint density at radius 3 is 2.39 bits per heavy atom. The van der Waals surface area contributed by atoms with E-state index in [2.05, 4.69) is 41.0 Å². The molecule has 6 heteroatoms. The monoisotopic (exact) mass is 423 g/mol. The number of carbonyl (C=O) groups excluding carboxylic acids is 1. The molecule has 1 aromatic carbocycles. The standard InChI is InChI=1S/C25H37N5O/c1-19(2)22-10-6-7-11-23(22)30-20(3)26-24(27-30)25(31)29-16-12-21(13-17-29)18-28-14-8-4-5-9-15-28/h6-7,10-11,19,21H,4-5,8-9,12-18H2,1-3H3. The normalized spacial score (nSPS) is 19.0. The van der Waals surface area contributed by atoms with Crippen LogP contribution in [0.1, 0.15) is 80.3 Å². The molecule has 0 N–H and O–H groups in total. The van der Waals surface area contributed by atoms with E-state index in [1.807, 2.05) is 28.6 Å². The molecule has 0 atom stereocenters. The smallest absolute Gasteiger partial charge is 0.293 e. The third kappa shape index (κ3) is 5.17. The first-order valence-electron chi connectivity index (χ1n) is 12.1. The van der Waals surface area contributed by atoms with Crippen molar-refractivity contribution in [2.24, 2.45) is 5.92 Å². The van der Waals surface area contributed by atoms with E-state index < -0.39 is 0 Å². The van der Waals surface area contributed by atoms with Crippen LogP contribution >= 0.6 is 0 Å². The van der Waals surface area contributed by atoms with Crippen LogP contribution in [0.2, 0.25) is 0 Å². The lowest BCUT2D eigenvalue weighted by molar-refractivity contribution is 0.0656. The average molecular weight is 424 g/mol. The number of hydrogen-bond donors (Lipinski definition) is 0. The Morgan fingerprint density at radius 2 is 1.71 bits per heavy atom. The number of nitrogens with zero attached hydrogens (tertiary/aromatic N) is 5. The van der Waals surface area contributed by atoms with E-state index in [1.165, 1.54) is 50.9 Å². The lowest BCUT2D eigenvalue weighted by Gasteiger charge is -2.34. The highest BCUT2D eigenvalue weighted by molar-refractivity contribution is 5.90. The molecule has 0 bridgehead atoms. The molecule has 1 aromatic heterocycles. The molecule has 0 unspecified atom stereocenters. The minimum absolute atomic E-state index is 0.0305. The molecule has 2 aliphatic heterocycles. The Balaban J connectivity index is 1.39. The fourth-order valence-corrected chi connectivity index (χ4v) is 5.02. The van der Waals surface area contributed by atoms with Crippen molar-refractivity contribution in [3.05, 3.63) is 41.5 Å². The van der Waals surface area contributed by atoms with Crippen LogP contribution in [0.4, 0.5) is 0 Å². The van der Waals surface area contributed by atoms with E-state index in [-0.39, 0.29) is 5.91 Å². The predicted octanol–water partition coefficient (Wildman–Crippen LogP) is 4.43. The third-order valence-corrected chi connectivity index (χ3v) is 6.86. The minimum Gasteiger partial charge on any atom is -0.336 e. The number of carbonyl (C=O) groups is 1. The van der Waals surface area contributed by atoms with Gasteiger partial charge in [-0.1, -0.05) is 44.9 Å². The summed E-state index contributed by atoms with van der Waals surface area (Å²) in [7, 11) is 0. The zero-order valence-corrected chi connectivity index (χ0v) is 19.4. The van der Waals surface area contributed by atoms with Gasteiger partial charge in [-0.05, 0) is 69.2 Å². The number of aryl methyl sites for hydroxylation is 1. The molecule has 2 fully saturated rings. The van der Waals surface area contributed by atoms with Gasteiger partial charge in [-0.2, -0.15) is 0 Å². The first kappa shape index (κ1) is 22.0. The number of piperidine rings is 1. The van der Waals surface area contributed by atoms with Crippen molar-refractivity contribution in [3.8, 4) is 5.69 Å². The lowest BCUT2D eigenvalue weighted by atomic mass is 9.96. The zero-order chi connectivity index (χ0) is 21.8. The van der Waals surface area contributed by atoms with Gasteiger partial charge in [0, 0.05) is 19.6 Å². The predicted molar refractivity (Wildman–Crippen MR) is 124 cm³/mol. The van der Waals surface area contributed by atoms with Crippen LogP contribution in [0, 0.1) is 12.8 Å². The fraction of sp³-hybridized carbons (Fsp3) is 0.640. The summed E-state index contributed by atoms with van der Waals surface area (Å²) in [6.07, 6.45) is 7.60. The molecule has 2 aromatic rings. The van der Waals surface area contributed by atoms with Crippen molar-refractivity contribution in [3.63, 3.8) is 0 Å². The van der Waals surface area contributed by atoms with Gasteiger partial charge < -0.3 is 9.80 Å². The number of amides is 1. The first-order chi connectivity index (χ1) is 15.0. The highest BCUT2D eigenvalue weighted by Crippen LogP contribution is 2.24. The molecular formula is C25H37N5O. The number of likely N-dealkylation sites (tertiary alicyclic amines) is 2. The first-order valence-corrected chi connectivity index (χ1v) is 12.1. The average Bonchev–Trinajstić information content (AvgIpc) is 2.98. The molecular weight excluding hydrogens is 386 g/mol. The van der Waals surface area contributed by atoms with Crippen LogP contribution in [-0.2, 0) is 0 Å². The van der Waals surface area contributed by atoms with Crippen molar-refractivity contribution in [2.75, 3.05) is 32.7 Å². The molecule has 0 spiro atoms. The molecule has 168 valence electrons. The summed E-state index contributed by atoms with van der Waals surface area (Å²) in [6.45, 7) is 11.6. The van der Waals surface area contributed by atoms with Gasteiger partial charge in [0.25, 0.3) is 5.91 Å². The quantitative estimate of drug-likeness (QED) is 0.714. The van der Waals surface area contributed by atoms with Crippen molar-refractivity contribution in [2.45, 2.75) is 65.2 Å². The van der Waals surface area contributed by atoms with Gasteiger partial charge in [-0.25, -0.2) is 9.67 Å². The summed E-state index contributed by atoms with van der Waals surface area (Å²) >= 11 is 0. The van der Waals surface area contributed by atoms with Gasteiger partial charge in [0.2, 0.25) is 5.82 Å². The van der Waals surface area contributed by atoms with E-state index in [1.54, 1.807) is 0 Å². The summed E-state index contributed by atoms with van der Waals surface area (Å²) in [4.78, 5) is 22.3. The van der Waals surface area contributed by atoms with Crippen LogP contribution in [0.15, 0.2) is 24.3 Å². The van der Waals surface area contributed by atoms with Crippen LogP contribution in [0.5, 0.6) is 0 Å². The molecule has 6 nitrogen and oxygen atoms in total. The maximum Gasteiger partial charge on any atom is 0.293 e. The van der Waals surface area contributed by atoms with Gasteiger partial charge in [0.15, 0.2) is 0 Å². The molecule has 0 saturated carbocycles. The zero-order valence-electron chi connectivity index (χ0n) is 19.4. The molecule has 1 amide bonds. The maximum absolute atomic E-state index is 13.1. The summed E-state index contributed by atoms with van der Waals surface area (Å²) in [5, 5.41) is 4.63. The second kappa shape index (κ2) is 9.94. The van der Waals surface area contributed by atoms with E-state index in [9.17, 15) is 4.79 Å². The Labute approximate surface area is 186 Å². The summed E-state index contributed by atoms with van der Waals surface area (Å²) in [6, 6.07) is 8.24. The number of para-hydroxylation sites is 1. The van der Waals surface area contributed by atoms with Crippen molar-refractivity contribution in [1.29, 1.82) is 0 Å². The number of rotatable bonds is 5. The molecule has 2 saturated heterocycles. The van der Waals surface area contributed by atoms with Crippen LogP contribution < -0.4 is 0 Å². The minimum atomic E-state index is -0.0305. The Hall–Kier alpha value is -2.21. The highest BCUT2D eigenvalue weighted by Gasteiger charge is 2.28. The summed E-state index contributed by atoms with van der Waals surface area (Å²) < 4.78 is 1.83. The van der Waals surface area contributed by atoms with Gasteiger partial charge >= 0.3 is 0 Å². The maximum atomic E-state index is 13.1. The largest absolute Gasteiger partial charge is 0.336 e. The van der Waals surface area contributed by atoms with Crippen molar-refractivity contribution in [1.82, 2.24) is 24.6 Å². The van der Waals surface area contributed by atoms with E-state index >= 15 is 0 Å². The number of aromatic nitrogens is 3. The Kier molecular flexibility index (Phi) is 7.06. The molecule has 2 aliphatic rings. The van der Waals surface area contributed by atoms with Gasteiger partial charge in [0.1, 0.15) is 5.82 Å². The van der Waals surface area contributed by atoms with E-state index in [0.29, 0.717) is 17.7 Å². The molecule has 0 aliphatic carbocycles. The lowest BCUT2D eigenvalue weighted by Crippen LogP contribution is -2.42. The topological polar surface area (TPSA) is 54.3 Å². The van der Waals surface area contributed by atoms with Gasteiger partial charge in [0.05, 0.1) is 5.69 Å². The molecule has 3 heterocycles. The van der Waals surface area contributed by atoms with Crippen LogP contribution in [0.25, 0.3) is 5.69 Å². The highest BCUT2D eigenvalue weighted by atomic mass is 16.2. The van der Waals surface area contributed by atoms with E-state index in [4.69, 9.17) is 0 Å². The number of benzene rings is 1. The molecule has 31 heavy (non-hydrogen) atoms. The van der Waals surface area contributed by atoms with Crippen molar-refractivity contribution >= 4 is 5.91 Å². The Morgan fingerprint density at radius 1 is 1.03 bits per heavy atom. The SMILES string of the molecule is Cc1nc(C(=O)N2CCC(CN3CCCCCC3)CC2)nn1-c1ccccc1C(C)C. The van der Waals surface area contributed by atoms with Gasteiger partial charge in [-0.15, -0.1) is 5.10 Å². The van der Waals surface area contributed by atoms with Crippen LogP contribution in [-0.4, -0.2) is 63.2 Å². The van der Waals surface area contributed by atoms with Gasteiger partial charge in [-0.3, -0.25) is 4.79 Å². The summed E-state index contributed by atoms with van der Waals surface area (Å²) in [5.41, 5.74) is 2.22.